The van der Waals surface area contributed by atoms with Gasteiger partial charge >= 0.3 is 6.18 Å². The quantitative estimate of drug-likeness (QED) is 0.722. The molecule has 4 nitrogen and oxygen atoms in total. The van der Waals surface area contributed by atoms with Crippen LogP contribution in [-0.4, -0.2) is 15.2 Å². The third-order valence-electron chi connectivity index (χ3n) is 2.68. The fraction of sp³-hybridized carbons (Fsp3) is 0.0769. The smallest absolute Gasteiger partial charge is 0.356 e. The van der Waals surface area contributed by atoms with Gasteiger partial charge in [0.1, 0.15) is 11.0 Å². The Hall–Kier alpha value is -2.57. The van der Waals surface area contributed by atoms with Gasteiger partial charge in [0, 0.05) is 0 Å². The molecule has 0 atom stereocenters. The minimum absolute atomic E-state index is 0.156. The number of hydrogen-bond acceptors (Lipinski definition) is 3. The lowest BCUT2D eigenvalue weighted by molar-refractivity contribution is -0.137. The van der Waals surface area contributed by atoms with Gasteiger partial charge in [-0.25, -0.2) is 0 Å². The highest BCUT2D eigenvalue weighted by Crippen LogP contribution is 2.31. The zero-order valence-corrected chi connectivity index (χ0v) is 10.0. The molecule has 0 amide bonds. The first-order chi connectivity index (χ1) is 9.54. The predicted octanol–water partition coefficient (Wildman–Crippen LogP) is 3.29. The van der Waals surface area contributed by atoms with Crippen molar-refractivity contribution in [3.8, 4) is 5.75 Å². The van der Waals surface area contributed by atoms with Gasteiger partial charge in [0.15, 0.2) is 5.75 Å². The molecule has 102 valence electrons. The first-order valence-corrected chi connectivity index (χ1v) is 5.70. The Balaban J connectivity index is 2.03. The number of alkyl halides is 3. The molecule has 0 aliphatic heterocycles. The van der Waals surface area contributed by atoms with Crippen molar-refractivity contribution < 1.29 is 18.0 Å². The molecule has 0 radical (unpaired) electrons. The summed E-state index contributed by atoms with van der Waals surface area (Å²) in [5.41, 5.74) is -0.289. The topological polar surface area (TPSA) is 39.9 Å². The molecule has 3 rings (SSSR count). The summed E-state index contributed by atoms with van der Waals surface area (Å²) < 4.78 is 38.1. The molecule has 0 unspecified atom stereocenters. The molecule has 0 bridgehead atoms. The number of aromatic nitrogens is 3. The zero-order chi connectivity index (χ0) is 14.2. The van der Waals surface area contributed by atoms with Crippen LogP contribution in [0.1, 0.15) is 5.56 Å². The molecule has 0 saturated carbocycles. The van der Waals surface area contributed by atoms with Crippen LogP contribution in [-0.2, 0) is 6.18 Å². The van der Waals surface area contributed by atoms with Gasteiger partial charge < -0.3 is 4.84 Å². The molecular weight excluding hydrogens is 271 g/mol. The second-order valence-electron chi connectivity index (χ2n) is 4.07. The highest BCUT2D eigenvalue weighted by Gasteiger charge is 2.31. The fourth-order valence-electron chi connectivity index (χ4n) is 1.72. The van der Waals surface area contributed by atoms with Gasteiger partial charge in [-0.15, -0.1) is 5.10 Å². The number of benzene rings is 2. The van der Waals surface area contributed by atoms with Crippen LogP contribution < -0.4 is 4.84 Å². The van der Waals surface area contributed by atoms with Crippen molar-refractivity contribution >= 4 is 11.0 Å². The lowest BCUT2D eigenvalue weighted by Crippen LogP contribution is -2.09. The zero-order valence-electron chi connectivity index (χ0n) is 10.0. The Morgan fingerprint density at radius 1 is 1.00 bits per heavy atom. The minimum Gasteiger partial charge on any atom is -0.356 e. The number of halogens is 3. The van der Waals surface area contributed by atoms with E-state index >= 15 is 0 Å². The first-order valence-electron chi connectivity index (χ1n) is 5.70. The van der Waals surface area contributed by atoms with Gasteiger partial charge in [-0.3, -0.25) is 0 Å². The second kappa shape index (κ2) is 4.52. The molecule has 0 fully saturated rings. The molecule has 0 spiro atoms. The van der Waals surface area contributed by atoms with Crippen molar-refractivity contribution in [1.82, 2.24) is 15.2 Å². The summed E-state index contributed by atoms with van der Waals surface area (Å²) in [5, 5.41) is 7.45. The summed E-state index contributed by atoms with van der Waals surface area (Å²) in [4.78, 5) is 6.35. The van der Waals surface area contributed by atoms with Gasteiger partial charge in [0.05, 0.1) is 5.56 Å². The summed E-state index contributed by atoms with van der Waals surface area (Å²) in [6, 6.07) is 11.8. The van der Waals surface area contributed by atoms with Gasteiger partial charge in [0.25, 0.3) is 0 Å². The van der Waals surface area contributed by atoms with E-state index in [2.05, 4.69) is 10.3 Å². The van der Waals surface area contributed by atoms with E-state index in [0.717, 1.165) is 17.0 Å². The average molecular weight is 279 g/mol. The number of para-hydroxylation sites is 1. The predicted molar refractivity (Wildman–Crippen MR) is 65.0 cm³/mol. The number of nitrogens with zero attached hydrogens (tertiary/aromatic N) is 3. The molecule has 0 aliphatic carbocycles. The number of hydrogen-bond donors (Lipinski definition) is 0. The summed E-state index contributed by atoms with van der Waals surface area (Å²) in [6.07, 6.45) is -4.42. The molecule has 3 aromatic rings. The van der Waals surface area contributed by atoms with E-state index in [1.165, 1.54) is 6.07 Å². The largest absolute Gasteiger partial charge is 0.416 e. The normalized spacial score (nSPS) is 11.8. The highest BCUT2D eigenvalue weighted by atomic mass is 19.4. The van der Waals surface area contributed by atoms with Crippen LogP contribution in [0.3, 0.4) is 0 Å². The van der Waals surface area contributed by atoms with Crippen molar-refractivity contribution in [3.05, 3.63) is 54.1 Å². The fourth-order valence-corrected chi connectivity index (χ4v) is 1.72. The second-order valence-corrected chi connectivity index (χ2v) is 4.07. The lowest BCUT2D eigenvalue weighted by atomic mass is 10.2. The third-order valence-corrected chi connectivity index (χ3v) is 2.68. The van der Waals surface area contributed by atoms with E-state index < -0.39 is 11.7 Å². The Bertz CT molecular complexity index is 737. The van der Waals surface area contributed by atoms with Gasteiger partial charge in [-0.1, -0.05) is 23.0 Å². The summed E-state index contributed by atoms with van der Waals surface area (Å²) in [6.45, 7) is 0. The number of rotatable bonds is 2. The SMILES string of the molecule is FC(F)(F)c1ccc2nnn(Oc3ccccc3)c2c1. The van der Waals surface area contributed by atoms with Gasteiger partial charge in [-0.2, -0.15) is 13.2 Å². The Morgan fingerprint density at radius 2 is 1.75 bits per heavy atom. The maximum Gasteiger partial charge on any atom is 0.416 e. The van der Waals surface area contributed by atoms with E-state index in [1.54, 1.807) is 30.3 Å². The molecular formula is C13H8F3N3O. The Kier molecular flexibility index (Phi) is 2.81. The van der Waals surface area contributed by atoms with Crippen LogP contribution in [0.25, 0.3) is 11.0 Å². The summed E-state index contributed by atoms with van der Waals surface area (Å²) in [5.74, 6) is 0.455. The molecule has 0 aliphatic rings. The molecule has 7 heteroatoms. The monoisotopic (exact) mass is 279 g/mol. The van der Waals surface area contributed by atoms with Crippen LogP contribution in [0.2, 0.25) is 0 Å². The highest BCUT2D eigenvalue weighted by molar-refractivity contribution is 5.75. The van der Waals surface area contributed by atoms with E-state index in [1.807, 2.05) is 0 Å². The van der Waals surface area contributed by atoms with Crippen molar-refractivity contribution in [2.24, 2.45) is 0 Å². The maximum absolute atomic E-state index is 12.7. The van der Waals surface area contributed by atoms with Gasteiger partial charge in [0.2, 0.25) is 0 Å². The van der Waals surface area contributed by atoms with Crippen molar-refractivity contribution in [1.29, 1.82) is 0 Å². The van der Waals surface area contributed by atoms with E-state index in [9.17, 15) is 13.2 Å². The van der Waals surface area contributed by atoms with Crippen LogP contribution in [0.5, 0.6) is 5.75 Å². The summed E-state index contributed by atoms with van der Waals surface area (Å²) in [7, 11) is 0. The Morgan fingerprint density at radius 3 is 2.45 bits per heavy atom. The molecule has 0 N–H and O–H groups in total. The molecule has 1 aromatic heterocycles. The Labute approximate surface area is 111 Å². The van der Waals surface area contributed by atoms with Crippen LogP contribution in [0.15, 0.2) is 48.5 Å². The molecule has 1 heterocycles. The van der Waals surface area contributed by atoms with Crippen molar-refractivity contribution in [2.45, 2.75) is 6.18 Å². The third kappa shape index (κ3) is 2.29. The first kappa shape index (κ1) is 12.5. The van der Waals surface area contributed by atoms with Crippen LogP contribution in [0.4, 0.5) is 13.2 Å². The average Bonchev–Trinajstić information content (AvgIpc) is 2.82. The lowest BCUT2D eigenvalue weighted by Gasteiger charge is -2.07. The van der Waals surface area contributed by atoms with E-state index in [4.69, 9.17) is 4.84 Å². The van der Waals surface area contributed by atoms with E-state index in [0.29, 0.717) is 11.3 Å². The minimum atomic E-state index is -4.42. The van der Waals surface area contributed by atoms with Crippen LogP contribution >= 0.6 is 0 Å². The molecule has 20 heavy (non-hydrogen) atoms. The summed E-state index contributed by atoms with van der Waals surface area (Å²) >= 11 is 0. The van der Waals surface area contributed by atoms with Crippen molar-refractivity contribution in [3.63, 3.8) is 0 Å². The van der Waals surface area contributed by atoms with E-state index in [-0.39, 0.29) is 5.52 Å². The van der Waals surface area contributed by atoms with Crippen LogP contribution in [0, 0.1) is 0 Å². The van der Waals surface area contributed by atoms with Gasteiger partial charge in [-0.05, 0) is 35.5 Å². The molecule has 0 saturated heterocycles. The molecule has 2 aromatic carbocycles. The standard InChI is InChI=1S/C13H8F3N3O/c14-13(15,16)9-6-7-11-12(8-9)19(18-17-11)20-10-4-2-1-3-5-10/h1-8H. The van der Waals surface area contributed by atoms with Crippen molar-refractivity contribution in [2.75, 3.05) is 0 Å². The number of fused-ring (bicyclic) bond motifs is 1. The maximum atomic E-state index is 12.7.